The monoisotopic (exact) mass is 199 g/mol. The van der Waals surface area contributed by atoms with Crippen LogP contribution >= 0.6 is 11.6 Å². The van der Waals surface area contributed by atoms with Crippen LogP contribution in [0.15, 0.2) is 18.2 Å². The lowest BCUT2D eigenvalue weighted by atomic mass is 9.97. The molecule has 0 aliphatic heterocycles. The summed E-state index contributed by atoms with van der Waals surface area (Å²) in [5, 5.41) is 10.0. The first-order chi connectivity index (χ1) is 6.16. The highest BCUT2D eigenvalue weighted by atomic mass is 35.5. The number of para-hydroxylation sites is 1. The normalized spacial score (nSPS) is 12.8. The number of nitrogens with two attached hydrogens (primary N) is 1. The Bertz CT molecular complexity index is 288. The van der Waals surface area contributed by atoms with E-state index in [2.05, 4.69) is 0 Å². The molecule has 0 bridgehead atoms. The van der Waals surface area contributed by atoms with E-state index in [9.17, 15) is 5.11 Å². The maximum atomic E-state index is 9.62. The van der Waals surface area contributed by atoms with Gasteiger partial charge in [-0.1, -0.05) is 30.7 Å². The van der Waals surface area contributed by atoms with E-state index >= 15 is 0 Å². The van der Waals surface area contributed by atoms with Crippen molar-refractivity contribution in [1.29, 1.82) is 0 Å². The molecule has 0 fully saturated rings. The Kier molecular flexibility index (Phi) is 3.58. The fraction of sp³-hybridized carbons (Fsp3) is 0.400. The van der Waals surface area contributed by atoms with E-state index < -0.39 is 0 Å². The highest BCUT2D eigenvalue weighted by molar-refractivity contribution is 6.32. The van der Waals surface area contributed by atoms with E-state index in [1.807, 2.05) is 19.1 Å². The van der Waals surface area contributed by atoms with Crippen molar-refractivity contribution in [3.05, 3.63) is 28.8 Å². The molecule has 2 nitrogen and oxygen atoms in total. The molecule has 0 heterocycles. The van der Waals surface area contributed by atoms with Gasteiger partial charge in [-0.2, -0.15) is 0 Å². The third-order valence-corrected chi connectivity index (χ3v) is 2.45. The number of halogens is 1. The summed E-state index contributed by atoms with van der Waals surface area (Å²) in [6.45, 7) is 2.64. The van der Waals surface area contributed by atoms with Gasteiger partial charge in [-0.15, -0.1) is 0 Å². The van der Waals surface area contributed by atoms with Gasteiger partial charge in [0.1, 0.15) is 5.75 Å². The third-order valence-electron chi connectivity index (χ3n) is 2.15. The molecule has 0 aliphatic carbocycles. The lowest BCUT2D eigenvalue weighted by Crippen LogP contribution is -2.04. The Hall–Kier alpha value is -0.730. The summed E-state index contributed by atoms with van der Waals surface area (Å²) in [6.07, 6.45) is 0.855. The van der Waals surface area contributed by atoms with Gasteiger partial charge in [0.25, 0.3) is 0 Å². The summed E-state index contributed by atoms with van der Waals surface area (Å²) in [4.78, 5) is 0. The maximum Gasteiger partial charge on any atom is 0.137 e. The van der Waals surface area contributed by atoms with Crippen LogP contribution in [0.4, 0.5) is 0 Å². The van der Waals surface area contributed by atoms with Gasteiger partial charge in [0.15, 0.2) is 0 Å². The average molecular weight is 200 g/mol. The highest BCUT2D eigenvalue weighted by Gasteiger charge is 2.11. The summed E-state index contributed by atoms with van der Waals surface area (Å²) in [5.41, 5.74) is 6.31. The number of hydrogen-bond donors (Lipinski definition) is 2. The first kappa shape index (κ1) is 10.4. The Balaban J connectivity index is 2.93. The standard InChI is InChI=1S/C10H14ClNO/c1-7(5-6-12)8-3-2-4-9(11)10(8)13/h2-4,7,13H,5-6,12H2,1H3. The van der Waals surface area contributed by atoms with Gasteiger partial charge in [-0.25, -0.2) is 0 Å². The van der Waals surface area contributed by atoms with Crippen LogP contribution in [0.3, 0.4) is 0 Å². The van der Waals surface area contributed by atoms with Crippen molar-refractivity contribution in [1.82, 2.24) is 0 Å². The van der Waals surface area contributed by atoms with Crippen LogP contribution in [0.5, 0.6) is 5.75 Å². The smallest absolute Gasteiger partial charge is 0.137 e. The number of phenols is 1. The Labute approximate surface area is 83.3 Å². The van der Waals surface area contributed by atoms with Crippen LogP contribution in [0.1, 0.15) is 24.8 Å². The van der Waals surface area contributed by atoms with Crippen LogP contribution in [-0.4, -0.2) is 11.7 Å². The average Bonchev–Trinajstić information content (AvgIpc) is 2.10. The Morgan fingerprint density at radius 2 is 2.23 bits per heavy atom. The summed E-state index contributed by atoms with van der Waals surface area (Å²) >= 11 is 5.78. The minimum Gasteiger partial charge on any atom is -0.506 e. The van der Waals surface area contributed by atoms with E-state index in [-0.39, 0.29) is 11.7 Å². The predicted molar refractivity (Wildman–Crippen MR) is 55.2 cm³/mol. The van der Waals surface area contributed by atoms with Crippen LogP contribution in [-0.2, 0) is 0 Å². The molecular formula is C10H14ClNO. The van der Waals surface area contributed by atoms with Crippen molar-refractivity contribution in [2.75, 3.05) is 6.54 Å². The molecule has 1 aromatic carbocycles. The molecule has 72 valence electrons. The molecule has 0 saturated heterocycles. The fourth-order valence-corrected chi connectivity index (χ4v) is 1.52. The molecular weight excluding hydrogens is 186 g/mol. The minimum atomic E-state index is 0.185. The molecule has 1 aromatic rings. The Morgan fingerprint density at radius 1 is 1.54 bits per heavy atom. The zero-order valence-corrected chi connectivity index (χ0v) is 8.38. The lowest BCUT2D eigenvalue weighted by molar-refractivity contribution is 0.461. The van der Waals surface area contributed by atoms with Crippen LogP contribution in [0.2, 0.25) is 5.02 Å². The van der Waals surface area contributed by atoms with Gasteiger partial charge < -0.3 is 10.8 Å². The Morgan fingerprint density at radius 3 is 2.85 bits per heavy atom. The first-order valence-electron chi connectivity index (χ1n) is 4.34. The van der Waals surface area contributed by atoms with Gasteiger partial charge >= 0.3 is 0 Å². The molecule has 0 radical (unpaired) electrons. The maximum absolute atomic E-state index is 9.62. The largest absolute Gasteiger partial charge is 0.506 e. The van der Waals surface area contributed by atoms with Gasteiger partial charge in [-0.3, -0.25) is 0 Å². The molecule has 0 aromatic heterocycles. The van der Waals surface area contributed by atoms with E-state index in [1.54, 1.807) is 6.07 Å². The molecule has 0 spiro atoms. The summed E-state index contributed by atoms with van der Waals surface area (Å²) in [6, 6.07) is 5.39. The zero-order chi connectivity index (χ0) is 9.84. The van der Waals surface area contributed by atoms with Crippen molar-refractivity contribution >= 4 is 11.6 Å². The topological polar surface area (TPSA) is 46.2 Å². The summed E-state index contributed by atoms with van der Waals surface area (Å²) in [7, 11) is 0. The second-order valence-electron chi connectivity index (χ2n) is 3.16. The quantitative estimate of drug-likeness (QED) is 0.786. The number of phenolic OH excluding ortho intramolecular Hbond substituents is 1. The zero-order valence-electron chi connectivity index (χ0n) is 7.63. The van der Waals surface area contributed by atoms with Crippen molar-refractivity contribution in [2.45, 2.75) is 19.3 Å². The summed E-state index contributed by atoms with van der Waals surface area (Å²) in [5.74, 6) is 0.439. The van der Waals surface area contributed by atoms with Crippen LogP contribution in [0, 0.1) is 0 Å². The number of aromatic hydroxyl groups is 1. The number of benzene rings is 1. The number of hydrogen-bond acceptors (Lipinski definition) is 2. The second-order valence-corrected chi connectivity index (χ2v) is 3.56. The van der Waals surface area contributed by atoms with Crippen molar-refractivity contribution in [3.63, 3.8) is 0 Å². The highest BCUT2D eigenvalue weighted by Crippen LogP contribution is 2.33. The molecule has 1 unspecified atom stereocenters. The van der Waals surface area contributed by atoms with Crippen molar-refractivity contribution in [2.24, 2.45) is 5.73 Å². The van der Waals surface area contributed by atoms with Gasteiger partial charge in [0.2, 0.25) is 0 Å². The van der Waals surface area contributed by atoms with E-state index in [1.165, 1.54) is 0 Å². The van der Waals surface area contributed by atoms with Gasteiger partial charge in [-0.05, 0) is 30.5 Å². The molecule has 0 saturated carbocycles. The van der Waals surface area contributed by atoms with E-state index in [0.717, 1.165) is 12.0 Å². The number of rotatable bonds is 3. The fourth-order valence-electron chi connectivity index (χ4n) is 1.34. The lowest BCUT2D eigenvalue weighted by Gasteiger charge is -2.12. The molecule has 3 N–H and O–H groups in total. The second kappa shape index (κ2) is 4.49. The first-order valence-corrected chi connectivity index (χ1v) is 4.72. The predicted octanol–water partition coefficient (Wildman–Crippen LogP) is 2.50. The SMILES string of the molecule is CC(CCN)c1cccc(Cl)c1O. The molecule has 0 amide bonds. The molecule has 0 aliphatic rings. The molecule has 3 heteroatoms. The summed E-state index contributed by atoms with van der Waals surface area (Å²) < 4.78 is 0. The van der Waals surface area contributed by atoms with E-state index in [4.69, 9.17) is 17.3 Å². The van der Waals surface area contributed by atoms with Crippen LogP contribution in [0.25, 0.3) is 0 Å². The third kappa shape index (κ3) is 2.36. The van der Waals surface area contributed by atoms with Crippen LogP contribution < -0.4 is 5.73 Å². The molecule has 1 atom stereocenters. The van der Waals surface area contributed by atoms with Crippen molar-refractivity contribution < 1.29 is 5.11 Å². The molecule has 13 heavy (non-hydrogen) atoms. The van der Waals surface area contributed by atoms with Crippen molar-refractivity contribution in [3.8, 4) is 5.75 Å². The van der Waals surface area contributed by atoms with Gasteiger partial charge in [0.05, 0.1) is 5.02 Å². The van der Waals surface area contributed by atoms with E-state index in [0.29, 0.717) is 11.6 Å². The van der Waals surface area contributed by atoms with Gasteiger partial charge in [0, 0.05) is 0 Å². The minimum absolute atomic E-state index is 0.185. The molecule has 1 rings (SSSR count).